The maximum Gasteiger partial charge on any atom is 0.276 e. The van der Waals surface area contributed by atoms with Crippen LogP contribution in [0.3, 0.4) is 0 Å². The molecule has 1 amide bonds. The largest absolute Gasteiger partial charge is 0.319 e. The third-order valence-electron chi connectivity index (χ3n) is 2.51. The predicted molar refractivity (Wildman–Crippen MR) is 77.0 cm³/mol. The van der Waals surface area contributed by atoms with Gasteiger partial charge in [0, 0.05) is 6.20 Å². The van der Waals surface area contributed by atoms with Crippen LogP contribution in [0.25, 0.3) is 0 Å². The van der Waals surface area contributed by atoms with Crippen LogP contribution in [-0.2, 0) is 9.84 Å². The van der Waals surface area contributed by atoms with Crippen molar-refractivity contribution in [3.05, 3.63) is 41.4 Å². The summed E-state index contributed by atoms with van der Waals surface area (Å²) in [7, 11) is -3.62. The van der Waals surface area contributed by atoms with Crippen LogP contribution in [0.5, 0.6) is 0 Å². The van der Waals surface area contributed by atoms with Crippen LogP contribution < -0.4 is 5.32 Å². The SMILES string of the molecule is CCS(=O)(=O)c1ncc(Cl)c(C(=O)Nc2cccnc2)n1. The molecule has 21 heavy (non-hydrogen) atoms. The second-order valence-electron chi connectivity index (χ2n) is 3.95. The molecule has 0 fully saturated rings. The summed E-state index contributed by atoms with van der Waals surface area (Å²) < 4.78 is 23.5. The summed E-state index contributed by atoms with van der Waals surface area (Å²) >= 11 is 5.85. The first-order valence-electron chi connectivity index (χ1n) is 5.90. The molecule has 2 heterocycles. The van der Waals surface area contributed by atoms with Crippen LogP contribution in [0.2, 0.25) is 5.02 Å². The van der Waals surface area contributed by atoms with Gasteiger partial charge in [-0.05, 0) is 12.1 Å². The molecule has 0 bridgehead atoms. The Morgan fingerprint density at radius 3 is 2.76 bits per heavy atom. The van der Waals surface area contributed by atoms with Crippen molar-refractivity contribution in [1.29, 1.82) is 0 Å². The Hall–Kier alpha value is -2.06. The standard InChI is InChI=1S/C12H11ClN4O3S/c1-2-21(19,20)12-15-7-9(13)10(17-12)11(18)16-8-4-3-5-14-6-8/h3-7H,2H2,1H3,(H,16,18). The average molecular weight is 327 g/mol. The highest BCUT2D eigenvalue weighted by Crippen LogP contribution is 2.16. The first kappa shape index (κ1) is 15.3. The molecule has 110 valence electrons. The van der Waals surface area contributed by atoms with Crippen molar-refractivity contribution in [3.8, 4) is 0 Å². The van der Waals surface area contributed by atoms with Crippen LogP contribution >= 0.6 is 11.6 Å². The minimum absolute atomic E-state index is 0.0357. The van der Waals surface area contributed by atoms with Crippen LogP contribution in [0.1, 0.15) is 17.4 Å². The molecule has 1 N–H and O–H groups in total. The third kappa shape index (κ3) is 3.53. The van der Waals surface area contributed by atoms with Gasteiger partial charge in [0.2, 0.25) is 15.0 Å². The van der Waals surface area contributed by atoms with Crippen LogP contribution in [0.15, 0.2) is 35.9 Å². The second-order valence-corrected chi connectivity index (χ2v) is 6.53. The van der Waals surface area contributed by atoms with E-state index in [1.807, 2.05) is 0 Å². The number of carbonyl (C=O) groups is 1. The lowest BCUT2D eigenvalue weighted by Gasteiger charge is -2.07. The molecular weight excluding hydrogens is 316 g/mol. The average Bonchev–Trinajstić information content (AvgIpc) is 2.48. The normalized spacial score (nSPS) is 11.1. The van der Waals surface area contributed by atoms with Crippen molar-refractivity contribution < 1.29 is 13.2 Å². The molecule has 2 aromatic rings. The minimum atomic E-state index is -3.62. The number of carbonyl (C=O) groups excluding carboxylic acids is 1. The third-order valence-corrected chi connectivity index (χ3v) is 4.30. The molecular formula is C12H11ClN4O3S. The number of hydrogen-bond acceptors (Lipinski definition) is 6. The lowest BCUT2D eigenvalue weighted by atomic mass is 10.3. The summed E-state index contributed by atoms with van der Waals surface area (Å²) in [5, 5.41) is 2.06. The van der Waals surface area contributed by atoms with Crippen molar-refractivity contribution in [2.45, 2.75) is 12.1 Å². The summed E-state index contributed by atoms with van der Waals surface area (Å²) in [4.78, 5) is 23.3. The van der Waals surface area contributed by atoms with Gasteiger partial charge in [0.25, 0.3) is 5.91 Å². The zero-order chi connectivity index (χ0) is 15.5. The van der Waals surface area contributed by atoms with Gasteiger partial charge in [-0.15, -0.1) is 0 Å². The first-order valence-corrected chi connectivity index (χ1v) is 7.93. The lowest BCUT2D eigenvalue weighted by molar-refractivity contribution is 0.102. The van der Waals surface area contributed by atoms with Gasteiger partial charge in [0.15, 0.2) is 5.69 Å². The number of rotatable bonds is 4. The smallest absolute Gasteiger partial charge is 0.276 e. The van der Waals surface area contributed by atoms with Gasteiger partial charge in [-0.2, -0.15) is 0 Å². The number of halogens is 1. The van der Waals surface area contributed by atoms with Gasteiger partial charge < -0.3 is 5.32 Å². The van der Waals surface area contributed by atoms with E-state index in [1.165, 1.54) is 13.1 Å². The first-order chi connectivity index (χ1) is 9.94. The van der Waals surface area contributed by atoms with Gasteiger partial charge in [0.1, 0.15) is 0 Å². The summed E-state index contributed by atoms with van der Waals surface area (Å²) in [5.74, 6) is -0.805. The molecule has 2 rings (SSSR count). The van der Waals surface area contributed by atoms with E-state index in [0.29, 0.717) is 5.69 Å². The summed E-state index contributed by atoms with van der Waals surface area (Å²) in [5.41, 5.74) is 0.236. The molecule has 7 nitrogen and oxygen atoms in total. The van der Waals surface area contributed by atoms with E-state index in [4.69, 9.17) is 11.6 Å². The molecule has 0 saturated carbocycles. The fraction of sp³-hybridized carbons (Fsp3) is 0.167. The van der Waals surface area contributed by atoms with Gasteiger partial charge >= 0.3 is 0 Å². The molecule has 0 radical (unpaired) electrons. The number of amides is 1. The van der Waals surface area contributed by atoms with Gasteiger partial charge in [-0.3, -0.25) is 9.78 Å². The van der Waals surface area contributed by atoms with Crippen molar-refractivity contribution in [2.75, 3.05) is 11.1 Å². The fourth-order valence-electron chi connectivity index (χ4n) is 1.42. The Balaban J connectivity index is 2.35. The maximum absolute atomic E-state index is 12.1. The number of aromatic nitrogens is 3. The number of anilines is 1. The van der Waals surface area contributed by atoms with E-state index in [-0.39, 0.29) is 16.5 Å². The minimum Gasteiger partial charge on any atom is -0.319 e. The molecule has 0 saturated heterocycles. The topological polar surface area (TPSA) is 102 Å². The van der Waals surface area contributed by atoms with E-state index in [9.17, 15) is 13.2 Å². The summed E-state index contributed by atoms with van der Waals surface area (Å²) in [6, 6.07) is 3.27. The molecule has 0 aliphatic heterocycles. The molecule has 2 aromatic heterocycles. The highest BCUT2D eigenvalue weighted by Gasteiger charge is 2.20. The highest BCUT2D eigenvalue weighted by molar-refractivity contribution is 7.91. The number of nitrogens with zero attached hydrogens (tertiary/aromatic N) is 3. The van der Waals surface area contributed by atoms with Crippen LogP contribution in [0.4, 0.5) is 5.69 Å². The Morgan fingerprint density at radius 2 is 2.14 bits per heavy atom. The van der Waals surface area contributed by atoms with Crippen molar-refractivity contribution in [2.24, 2.45) is 0 Å². The number of hydrogen-bond donors (Lipinski definition) is 1. The van der Waals surface area contributed by atoms with Gasteiger partial charge in [-0.1, -0.05) is 18.5 Å². The van der Waals surface area contributed by atoms with Crippen molar-refractivity contribution in [3.63, 3.8) is 0 Å². The Labute approximate surface area is 126 Å². The van der Waals surface area contributed by atoms with Crippen LogP contribution in [-0.4, -0.2) is 35.0 Å². The monoisotopic (exact) mass is 326 g/mol. The molecule has 0 spiro atoms. The maximum atomic E-state index is 12.1. The molecule has 0 aliphatic rings. The molecule has 0 atom stereocenters. The zero-order valence-electron chi connectivity index (χ0n) is 10.9. The Bertz CT molecular complexity index is 765. The van der Waals surface area contributed by atoms with E-state index < -0.39 is 20.9 Å². The molecule has 9 heteroatoms. The number of sulfone groups is 1. The van der Waals surface area contributed by atoms with E-state index in [2.05, 4.69) is 20.3 Å². The highest BCUT2D eigenvalue weighted by atomic mass is 35.5. The zero-order valence-corrected chi connectivity index (χ0v) is 12.5. The predicted octanol–water partition coefficient (Wildman–Crippen LogP) is 1.57. The summed E-state index contributed by atoms with van der Waals surface area (Å²) in [6.45, 7) is 1.46. The van der Waals surface area contributed by atoms with Crippen molar-refractivity contribution in [1.82, 2.24) is 15.0 Å². The molecule has 0 aliphatic carbocycles. The molecule has 0 unspecified atom stereocenters. The van der Waals surface area contributed by atoms with E-state index >= 15 is 0 Å². The summed E-state index contributed by atoms with van der Waals surface area (Å²) in [6.07, 6.45) is 4.09. The van der Waals surface area contributed by atoms with Gasteiger partial charge in [-0.25, -0.2) is 18.4 Å². The lowest BCUT2D eigenvalue weighted by Crippen LogP contribution is -2.18. The fourth-order valence-corrected chi connectivity index (χ4v) is 2.29. The quantitative estimate of drug-likeness (QED) is 0.856. The molecule has 0 aromatic carbocycles. The number of pyridine rings is 1. The Morgan fingerprint density at radius 1 is 1.38 bits per heavy atom. The van der Waals surface area contributed by atoms with E-state index in [0.717, 1.165) is 6.20 Å². The van der Waals surface area contributed by atoms with Crippen molar-refractivity contribution >= 4 is 33.0 Å². The Kier molecular flexibility index (Phi) is 4.49. The number of nitrogens with one attached hydrogen (secondary N) is 1. The van der Waals surface area contributed by atoms with E-state index in [1.54, 1.807) is 18.3 Å². The second kappa shape index (κ2) is 6.15. The van der Waals surface area contributed by atoms with Gasteiger partial charge in [0.05, 0.1) is 28.9 Å². The van der Waals surface area contributed by atoms with Crippen LogP contribution in [0, 0.1) is 0 Å².